The molecule has 0 radical (unpaired) electrons. The van der Waals surface area contributed by atoms with E-state index in [0.29, 0.717) is 12.8 Å². The average Bonchev–Trinajstić information content (AvgIpc) is 2.64. The molecule has 160 valence electrons. The van der Waals surface area contributed by atoms with Crippen molar-refractivity contribution in [3.63, 3.8) is 0 Å². The SMILES string of the molecule is CCC(CO)(CO)NC(=O)OP.CCC(N)(CO)COC(=O)OP.F.F. The Morgan fingerprint density at radius 2 is 1.50 bits per heavy atom. The van der Waals surface area contributed by atoms with Crippen molar-refractivity contribution in [1.82, 2.24) is 5.32 Å². The molecule has 0 aromatic carbocycles. The van der Waals surface area contributed by atoms with Crippen molar-refractivity contribution >= 4 is 31.2 Å². The van der Waals surface area contributed by atoms with E-state index in [1.807, 2.05) is 0 Å². The minimum atomic E-state index is -0.979. The predicted molar refractivity (Wildman–Crippen MR) is 98.0 cm³/mol. The first-order valence-corrected chi connectivity index (χ1v) is 8.00. The summed E-state index contributed by atoms with van der Waals surface area (Å²) >= 11 is 0. The van der Waals surface area contributed by atoms with Crippen LogP contribution in [0.25, 0.3) is 0 Å². The van der Waals surface area contributed by atoms with Gasteiger partial charge < -0.3 is 40.2 Å². The molecule has 3 atom stereocenters. The minimum Gasteiger partial charge on any atom is -0.435 e. The highest BCUT2D eigenvalue weighted by Crippen LogP contribution is 2.09. The summed E-state index contributed by atoms with van der Waals surface area (Å²) < 4.78 is 13.0. The Morgan fingerprint density at radius 3 is 1.77 bits per heavy atom. The summed E-state index contributed by atoms with van der Waals surface area (Å²) in [4.78, 5) is 21.2. The zero-order chi connectivity index (χ0) is 19.2. The Kier molecular flexibility index (Phi) is 22.1. The Labute approximate surface area is 155 Å². The molecule has 0 saturated heterocycles. The maximum absolute atomic E-state index is 10.7. The molecular weight excluding hydrogens is 400 g/mol. The Morgan fingerprint density at radius 1 is 1.00 bits per heavy atom. The first-order chi connectivity index (χ1) is 11.2. The smallest absolute Gasteiger partial charge is 0.435 e. The van der Waals surface area contributed by atoms with Gasteiger partial charge in [-0.15, -0.1) is 0 Å². The lowest BCUT2D eigenvalue weighted by molar-refractivity contribution is 0.0609. The van der Waals surface area contributed by atoms with Crippen LogP contribution < -0.4 is 11.1 Å². The number of nitrogens with one attached hydrogen (secondary N) is 1. The molecule has 10 nitrogen and oxygen atoms in total. The fourth-order valence-corrected chi connectivity index (χ4v) is 1.31. The molecule has 3 unspecified atom stereocenters. The highest BCUT2D eigenvalue weighted by atomic mass is 31.0. The molecule has 26 heavy (non-hydrogen) atoms. The van der Waals surface area contributed by atoms with Crippen LogP contribution in [0.1, 0.15) is 26.7 Å². The monoisotopic (exact) mass is 430 g/mol. The van der Waals surface area contributed by atoms with Gasteiger partial charge in [0.1, 0.15) is 6.61 Å². The van der Waals surface area contributed by atoms with Crippen molar-refractivity contribution in [2.24, 2.45) is 5.73 Å². The summed E-state index contributed by atoms with van der Waals surface area (Å²) in [5.41, 5.74) is 3.77. The van der Waals surface area contributed by atoms with Crippen molar-refractivity contribution < 1.29 is 48.1 Å². The lowest BCUT2D eigenvalue weighted by atomic mass is 9.99. The van der Waals surface area contributed by atoms with Crippen LogP contribution in [0.3, 0.4) is 0 Å². The van der Waals surface area contributed by atoms with Gasteiger partial charge >= 0.3 is 12.2 Å². The lowest BCUT2D eigenvalue weighted by Gasteiger charge is -2.28. The van der Waals surface area contributed by atoms with Crippen molar-refractivity contribution in [2.75, 3.05) is 26.4 Å². The molecule has 0 aromatic heterocycles. The van der Waals surface area contributed by atoms with E-state index in [4.69, 9.17) is 21.1 Å². The molecule has 0 aliphatic rings. The topological polar surface area (TPSA) is 161 Å². The van der Waals surface area contributed by atoms with Gasteiger partial charge in [-0.1, -0.05) is 13.8 Å². The summed E-state index contributed by atoms with van der Waals surface area (Å²) in [6.07, 6.45) is -0.561. The third kappa shape index (κ3) is 13.3. The fourth-order valence-electron chi connectivity index (χ4n) is 1.18. The highest BCUT2D eigenvalue weighted by Gasteiger charge is 2.28. The maximum atomic E-state index is 10.7. The van der Waals surface area contributed by atoms with Gasteiger partial charge in [0.2, 0.25) is 0 Å². The first-order valence-electron chi connectivity index (χ1n) is 7.05. The molecule has 14 heteroatoms. The van der Waals surface area contributed by atoms with E-state index >= 15 is 0 Å². The number of rotatable bonds is 8. The summed E-state index contributed by atoms with van der Waals surface area (Å²) in [6, 6.07) is 0. The lowest BCUT2D eigenvalue weighted by Crippen LogP contribution is -2.53. The van der Waals surface area contributed by atoms with Crippen LogP contribution in [0, 0.1) is 0 Å². The number of carbonyl (C=O) groups is 2. The number of halogens is 2. The molecule has 0 saturated carbocycles. The molecule has 0 bridgehead atoms. The first kappa shape index (κ1) is 32.7. The number of nitrogens with two attached hydrogens (primary N) is 1. The summed E-state index contributed by atoms with van der Waals surface area (Å²) in [5.74, 6) is 0. The Hall–Kier alpha value is -0.900. The summed E-state index contributed by atoms with van der Waals surface area (Å²) in [5, 5.41) is 28.9. The van der Waals surface area contributed by atoms with Gasteiger partial charge in [0.15, 0.2) is 0 Å². The van der Waals surface area contributed by atoms with Crippen LogP contribution in [0.2, 0.25) is 0 Å². The summed E-state index contributed by atoms with van der Waals surface area (Å²) in [6.45, 7) is 2.63. The quantitative estimate of drug-likeness (QED) is 0.263. The van der Waals surface area contributed by atoms with Gasteiger partial charge in [-0.05, 0) is 12.8 Å². The van der Waals surface area contributed by atoms with Crippen LogP contribution in [-0.4, -0.2) is 65.1 Å². The second-order valence-electron chi connectivity index (χ2n) is 5.01. The second-order valence-corrected chi connectivity index (χ2v) is 5.48. The van der Waals surface area contributed by atoms with E-state index in [1.165, 1.54) is 0 Å². The molecule has 0 heterocycles. The second kappa shape index (κ2) is 17.5. The number of hydrogen-bond donors (Lipinski definition) is 5. The molecule has 0 fully saturated rings. The fraction of sp³-hybridized carbons (Fsp3) is 0.833. The van der Waals surface area contributed by atoms with Gasteiger partial charge in [-0.2, -0.15) is 0 Å². The zero-order valence-corrected chi connectivity index (χ0v) is 17.0. The van der Waals surface area contributed by atoms with Gasteiger partial charge in [0.05, 0.1) is 49.8 Å². The minimum absolute atomic E-state index is 0. The molecule has 1 amide bonds. The molecular formula is C12H30F2N2O8P2. The third-order valence-corrected chi connectivity index (χ3v) is 3.76. The van der Waals surface area contributed by atoms with Crippen LogP contribution in [0.4, 0.5) is 19.0 Å². The molecule has 0 aliphatic heterocycles. The molecule has 0 spiro atoms. The maximum Gasteiger partial charge on any atom is 0.510 e. The van der Waals surface area contributed by atoms with E-state index in [0.717, 1.165) is 0 Å². The van der Waals surface area contributed by atoms with Crippen LogP contribution in [0.15, 0.2) is 0 Å². The highest BCUT2D eigenvalue weighted by molar-refractivity contribution is 7.10. The van der Waals surface area contributed by atoms with E-state index in [2.05, 4.69) is 19.1 Å². The largest absolute Gasteiger partial charge is 0.510 e. The van der Waals surface area contributed by atoms with Crippen LogP contribution in [-0.2, 0) is 13.8 Å². The number of amides is 1. The van der Waals surface area contributed by atoms with Gasteiger partial charge in [-0.3, -0.25) is 9.41 Å². The molecule has 6 N–H and O–H groups in total. The number of aliphatic hydroxyl groups excluding tert-OH is 3. The zero-order valence-electron chi connectivity index (χ0n) is 14.7. The van der Waals surface area contributed by atoms with Crippen molar-refractivity contribution in [1.29, 1.82) is 0 Å². The molecule has 0 rings (SSSR count). The van der Waals surface area contributed by atoms with E-state index in [-0.39, 0.29) is 35.8 Å². The normalized spacial score (nSPS) is 12.0. The van der Waals surface area contributed by atoms with Gasteiger partial charge in [0.25, 0.3) is 0 Å². The van der Waals surface area contributed by atoms with E-state index < -0.39 is 23.3 Å². The Balaban J connectivity index is -0.000000173. The standard InChI is InChI=1S/2C6H14NO4P.2FH/c1-2-6(7,3-8)4-10-5(9)11-12;1-2-6(3-8,4-9)7-5(10)11-12;;/h8H,2-4,7,12H2,1H3;8-9H,2-4,12H2,1H3,(H,7,10);2*1H. The van der Waals surface area contributed by atoms with Crippen molar-refractivity contribution in [3.05, 3.63) is 0 Å². The van der Waals surface area contributed by atoms with Gasteiger partial charge in [-0.25, -0.2) is 9.59 Å². The number of ether oxygens (including phenoxy) is 1. The third-order valence-electron chi connectivity index (χ3n) is 3.35. The van der Waals surface area contributed by atoms with Crippen LogP contribution in [0.5, 0.6) is 0 Å². The summed E-state index contributed by atoms with van der Waals surface area (Å²) in [7, 11) is 3.55. The number of aliphatic hydroxyl groups is 3. The van der Waals surface area contributed by atoms with Gasteiger partial charge in [0, 0.05) is 0 Å². The average molecular weight is 430 g/mol. The van der Waals surface area contributed by atoms with Crippen molar-refractivity contribution in [3.8, 4) is 0 Å². The number of carbonyl (C=O) groups excluding carboxylic acids is 2. The predicted octanol–water partition coefficient (Wildman–Crippen LogP) is -0.0294. The van der Waals surface area contributed by atoms with Crippen LogP contribution >= 0.6 is 18.9 Å². The molecule has 0 aliphatic carbocycles. The van der Waals surface area contributed by atoms with E-state index in [1.54, 1.807) is 32.8 Å². The Bertz CT molecular complexity index is 367. The molecule has 0 aromatic rings. The van der Waals surface area contributed by atoms with E-state index in [9.17, 15) is 9.59 Å². The number of hydrogen-bond acceptors (Lipinski definition) is 9. The van der Waals surface area contributed by atoms with Crippen molar-refractivity contribution in [2.45, 2.75) is 37.8 Å².